The molecular formula is C15H17BN. The fourth-order valence-electron chi connectivity index (χ4n) is 1.83. The lowest BCUT2D eigenvalue weighted by atomic mass is 9.67. The highest BCUT2D eigenvalue weighted by atomic mass is 15.1. The molecule has 0 aromatic heterocycles. The van der Waals surface area contributed by atoms with Crippen molar-refractivity contribution in [2.75, 3.05) is 18.5 Å². The molecule has 0 fully saturated rings. The molecule has 85 valence electrons. The third kappa shape index (κ3) is 3.67. The lowest BCUT2D eigenvalue weighted by Crippen LogP contribution is -2.23. The molecule has 0 saturated heterocycles. The van der Waals surface area contributed by atoms with E-state index in [2.05, 4.69) is 67.8 Å². The van der Waals surface area contributed by atoms with Gasteiger partial charge in [0.2, 0.25) is 0 Å². The van der Waals surface area contributed by atoms with Crippen LogP contribution in [0.3, 0.4) is 0 Å². The summed E-state index contributed by atoms with van der Waals surface area (Å²) in [6.07, 6.45) is 1.06. The average molecular weight is 222 g/mol. The summed E-state index contributed by atoms with van der Waals surface area (Å²) in [7, 11) is 4.41. The predicted molar refractivity (Wildman–Crippen MR) is 76.3 cm³/mol. The van der Waals surface area contributed by atoms with Gasteiger partial charge in [-0.3, -0.25) is 0 Å². The maximum absolute atomic E-state index is 2.28. The Hall–Kier alpha value is -1.70. The number of hydrogen-bond donors (Lipinski definition) is 0. The monoisotopic (exact) mass is 222 g/mol. The molecule has 0 amide bonds. The van der Waals surface area contributed by atoms with Gasteiger partial charge in [-0.2, -0.15) is 0 Å². The second kappa shape index (κ2) is 6.14. The second-order valence-electron chi connectivity index (χ2n) is 4.16. The molecule has 0 spiro atoms. The van der Waals surface area contributed by atoms with Gasteiger partial charge in [0.05, 0.1) is 0 Å². The van der Waals surface area contributed by atoms with E-state index in [9.17, 15) is 0 Å². The van der Waals surface area contributed by atoms with Gasteiger partial charge in [0.15, 0.2) is 7.28 Å². The molecule has 2 aromatic rings. The Kier molecular flexibility index (Phi) is 4.26. The van der Waals surface area contributed by atoms with Crippen molar-refractivity contribution in [1.82, 2.24) is 0 Å². The Morgan fingerprint density at radius 1 is 0.882 bits per heavy atom. The highest BCUT2D eigenvalue weighted by Crippen LogP contribution is 2.10. The van der Waals surface area contributed by atoms with E-state index in [1.54, 1.807) is 0 Å². The first-order valence-corrected chi connectivity index (χ1v) is 6.01. The standard InChI is InChI=1S/C15H17BN/c1-17(15-10-6-3-7-11-15)13-12-16-14-8-4-2-5-9-14/h2-11H,12-13H2,1H3. The van der Waals surface area contributed by atoms with Crippen LogP contribution in [0.25, 0.3) is 0 Å². The second-order valence-corrected chi connectivity index (χ2v) is 4.16. The number of benzene rings is 2. The fourth-order valence-corrected chi connectivity index (χ4v) is 1.83. The summed E-state index contributed by atoms with van der Waals surface area (Å²) >= 11 is 0. The maximum Gasteiger partial charge on any atom is 0.153 e. The van der Waals surface area contributed by atoms with E-state index in [4.69, 9.17) is 0 Å². The van der Waals surface area contributed by atoms with Crippen LogP contribution in [0.5, 0.6) is 0 Å². The van der Waals surface area contributed by atoms with Crippen molar-refractivity contribution < 1.29 is 0 Å². The van der Waals surface area contributed by atoms with Crippen molar-refractivity contribution in [3.8, 4) is 0 Å². The number of anilines is 1. The Balaban J connectivity index is 1.79. The SMILES string of the molecule is CN(CC[B]c1ccccc1)c1ccccc1. The van der Waals surface area contributed by atoms with Crippen LogP contribution in [0.4, 0.5) is 5.69 Å². The fraction of sp³-hybridized carbons (Fsp3) is 0.200. The summed E-state index contributed by atoms with van der Waals surface area (Å²) < 4.78 is 0. The van der Waals surface area contributed by atoms with Crippen LogP contribution >= 0.6 is 0 Å². The Labute approximate surface area is 104 Å². The van der Waals surface area contributed by atoms with Crippen LogP contribution in [0.2, 0.25) is 6.32 Å². The molecule has 17 heavy (non-hydrogen) atoms. The summed E-state index contributed by atoms with van der Waals surface area (Å²) in [5.41, 5.74) is 2.57. The van der Waals surface area contributed by atoms with Crippen molar-refractivity contribution in [3.63, 3.8) is 0 Å². The number of para-hydroxylation sites is 1. The van der Waals surface area contributed by atoms with Crippen molar-refractivity contribution in [3.05, 3.63) is 60.7 Å². The molecule has 0 atom stereocenters. The van der Waals surface area contributed by atoms with Crippen LogP contribution in [0, 0.1) is 0 Å². The van der Waals surface area contributed by atoms with Crippen LogP contribution in [0.15, 0.2) is 60.7 Å². The smallest absolute Gasteiger partial charge is 0.153 e. The number of hydrogen-bond acceptors (Lipinski definition) is 1. The quantitative estimate of drug-likeness (QED) is 0.703. The topological polar surface area (TPSA) is 3.24 Å². The molecule has 0 saturated carbocycles. The summed E-state index contributed by atoms with van der Waals surface area (Å²) in [6, 6.07) is 21.0. The highest BCUT2D eigenvalue weighted by Gasteiger charge is 2.00. The van der Waals surface area contributed by atoms with E-state index < -0.39 is 0 Å². The van der Waals surface area contributed by atoms with Gasteiger partial charge in [-0.25, -0.2) is 0 Å². The van der Waals surface area contributed by atoms with Crippen molar-refractivity contribution in [2.24, 2.45) is 0 Å². The number of nitrogens with zero attached hydrogens (tertiary/aromatic N) is 1. The molecule has 0 heterocycles. The third-order valence-electron chi connectivity index (χ3n) is 2.84. The first kappa shape index (κ1) is 11.8. The predicted octanol–water partition coefficient (Wildman–Crippen LogP) is 2.57. The highest BCUT2D eigenvalue weighted by molar-refractivity contribution is 6.53. The average Bonchev–Trinajstić information content (AvgIpc) is 2.41. The molecule has 2 rings (SSSR count). The normalized spacial score (nSPS) is 9.94. The van der Waals surface area contributed by atoms with Crippen LogP contribution in [0.1, 0.15) is 0 Å². The molecule has 0 unspecified atom stereocenters. The van der Waals surface area contributed by atoms with E-state index in [0.29, 0.717) is 0 Å². The molecule has 1 nitrogen and oxygen atoms in total. The summed E-state index contributed by atoms with van der Waals surface area (Å²) in [4.78, 5) is 2.28. The molecule has 0 aliphatic rings. The van der Waals surface area contributed by atoms with Crippen molar-refractivity contribution >= 4 is 18.4 Å². The first-order valence-electron chi connectivity index (χ1n) is 6.01. The van der Waals surface area contributed by atoms with E-state index in [-0.39, 0.29) is 0 Å². The van der Waals surface area contributed by atoms with Gasteiger partial charge < -0.3 is 4.90 Å². The lowest BCUT2D eigenvalue weighted by molar-refractivity contribution is 0.963. The Morgan fingerprint density at radius 3 is 2.12 bits per heavy atom. The Bertz CT molecular complexity index is 427. The molecule has 0 N–H and O–H groups in total. The molecule has 0 aliphatic heterocycles. The molecule has 2 aromatic carbocycles. The minimum Gasteiger partial charge on any atom is -0.375 e. The molecule has 1 radical (unpaired) electrons. The van der Waals surface area contributed by atoms with Gasteiger partial charge in [-0.05, 0) is 12.1 Å². The van der Waals surface area contributed by atoms with Gasteiger partial charge in [-0.15, -0.1) is 0 Å². The zero-order chi connectivity index (χ0) is 11.9. The lowest BCUT2D eigenvalue weighted by Gasteiger charge is -2.18. The van der Waals surface area contributed by atoms with E-state index in [0.717, 1.165) is 12.9 Å². The Morgan fingerprint density at radius 2 is 1.47 bits per heavy atom. The minimum atomic E-state index is 1.04. The zero-order valence-electron chi connectivity index (χ0n) is 10.2. The summed E-state index contributed by atoms with van der Waals surface area (Å²) in [5.74, 6) is 0. The maximum atomic E-state index is 2.28. The largest absolute Gasteiger partial charge is 0.375 e. The van der Waals surface area contributed by atoms with Gasteiger partial charge in [-0.1, -0.05) is 60.3 Å². The molecular weight excluding hydrogens is 205 g/mol. The van der Waals surface area contributed by atoms with Crippen molar-refractivity contribution in [1.29, 1.82) is 0 Å². The van der Waals surface area contributed by atoms with Crippen LogP contribution < -0.4 is 10.4 Å². The summed E-state index contributed by atoms with van der Waals surface area (Å²) in [6.45, 7) is 1.04. The van der Waals surface area contributed by atoms with E-state index in [1.165, 1.54) is 11.2 Å². The molecule has 2 heteroatoms. The number of rotatable bonds is 5. The third-order valence-corrected chi connectivity index (χ3v) is 2.84. The summed E-state index contributed by atoms with van der Waals surface area (Å²) in [5, 5.41) is 0. The van der Waals surface area contributed by atoms with Gasteiger partial charge >= 0.3 is 0 Å². The van der Waals surface area contributed by atoms with Crippen molar-refractivity contribution in [2.45, 2.75) is 6.32 Å². The molecule has 0 bridgehead atoms. The van der Waals surface area contributed by atoms with E-state index >= 15 is 0 Å². The van der Waals surface area contributed by atoms with E-state index in [1.807, 2.05) is 12.1 Å². The minimum absolute atomic E-state index is 1.04. The van der Waals surface area contributed by atoms with Crippen LogP contribution in [-0.2, 0) is 0 Å². The van der Waals surface area contributed by atoms with Gasteiger partial charge in [0.1, 0.15) is 0 Å². The molecule has 0 aliphatic carbocycles. The first-order chi connectivity index (χ1) is 8.36. The van der Waals surface area contributed by atoms with Gasteiger partial charge in [0, 0.05) is 19.3 Å². The zero-order valence-corrected chi connectivity index (χ0v) is 10.2. The van der Waals surface area contributed by atoms with Crippen LogP contribution in [-0.4, -0.2) is 20.9 Å². The van der Waals surface area contributed by atoms with Gasteiger partial charge in [0.25, 0.3) is 0 Å².